The molecule has 0 aliphatic rings. The molecule has 0 fully saturated rings. The molecule has 162 valence electrons. The van der Waals surface area contributed by atoms with Crippen LogP contribution < -0.4 is 10.1 Å². The highest BCUT2D eigenvalue weighted by molar-refractivity contribution is 7.15. The van der Waals surface area contributed by atoms with E-state index in [1.165, 1.54) is 28.0 Å². The van der Waals surface area contributed by atoms with Crippen LogP contribution in [0.4, 0.5) is 13.2 Å². The van der Waals surface area contributed by atoms with Crippen molar-refractivity contribution in [2.45, 2.75) is 25.9 Å². The molecule has 0 spiro atoms. The molecule has 0 saturated heterocycles. The second kappa shape index (κ2) is 7.59. The number of nitrogens with zero attached hydrogens (tertiary/aromatic N) is 3. The third kappa shape index (κ3) is 3.58. The number of thiazole rings is 1. The quantitative estimate of drug-likeness (QED) is 0.441. The van der Waals surface area contributed by atoms with Gasteiger partial charge in [-0.15, -0.1) is 5.10 Å². The lowest BCUT2D eigenvalue weighted by atomic mass is 10.0. The molecule has 0 aliphatic carbocycles. The van der Waals surface area contributed by atoms with Crippen molar-refractivity contribution < 1.29 is 13.2 Å². The monoisotopic (exact) mass is 454 g/mol. The molecule has 5 nitrogen and oxygen atoms in total. The number of aryl methyl sites for hydroxylation is 3. The minimum Gasteiger partial charge on any atom is -0.358 e. The summed E-state index contributed by atoms with van der Waals surface area (Å²) in [5.41, 5.74) is 2.12. The summed E-state index contributed by atoms with van der Waals surface area (Å²) >= 11 is 1.22. The summed E-state index contributed by atoms with van der Waals surface area (Å²) in [6.45, 7) is 1.95. The molecule has 0 radical (unpaired) electrons. The Morgan fingerprint density at radius 1 is 1.09 bits per heavy atom. The van der Waals surface area contributed by atoms with Gasteiger partial charge in [-0.2, -0.15) is 17.7 Å². The number of nitrogens with one attached hydrogen (secondary N) is 1. The van der Waals surface area contributed by atoms with Gasteiger partial charge in [0.1, 0.15) is 0 Å². The van der Waals surface area contributed by atoms with Crippen LogP contribution in [0.5, 0.6) is 0 Å². The first-order valence-electron chi connectivity index (χ1n) is 9.94. The lowest BCUT2D eigenvalue weighted by molar-refractivity contribution is -0.138. The summed E-state index contributed by atoms with van der Waals surface area (Å²) in [7, 11) is 0. The second-order valence-electron chi connectivity index (χ2n) is 7.50. The van der Waals surface area contributed by atoms with Crippen LogP contribution in [0.25, 0.3) is 21.9 Å². The van der Waals surface area contributed by atoms with Gasteiger partial charge in [0.05, 0.1) is 10.1 Å². The number of aromatic amines is 1. The molecule has 2 aromatic carbocycles. The maximum absolute atomic E-state index is 13.2. The molecule has 1 N–H and O–H groups in total. The average molecular weight is 454 g/mol. The van der Waals surface area contributed by atoms with Crippen molar-refractivity contribution in [2.75, 3.05) is 0 Å². The molecular formula is C23H17F3N4OS. The summed E-state index contributed by atoms with van der Waals surface area (Å²) in [5.74, 6) is 0.347. The molecule has 3 aromatic heterocycles. The minimum atomic E-state index is -4.41. The Morgan fingerprint density at radius 3 is 2.62 bits per heavy atom. The largest absolute Gasteiger partial charge is 0.416 e. The zero-order valence-electron chi connectivity index (χ0n) is 16.9. The fraction of sp³-hybridized carbons (Fsp3) is 0.174. The Labute approximate surface area is 183 Å². The van der Waals surface area contributed by atoms with Crippen LogP contribution in [0, 0.1) is 6.92 Å². The van der Waals surface area contributed by atoms with E-state index in [0.29, 0.717) is 15.3 Å². The number of fused-ring (bicyclic) bond motifs is 2. The molecular weight excluding hydrogens is 437 g/mol. The maximum atomic E-state index is 13.2. The third-order valence-electron chi connectivity index (χ3n) is 5.39. The number of hydrogen-bond donors (Lipinski definition) is 1. The van der Waals surface area contributed by atoms with E-state index in [1.807, 2.05) is 37.3 Å². The first kappa shape index (κ1) is 20.4. The van der Waals surface area contributed by atoms with Crippen LogP contribution in [-0.4, -0.2) is 19.6 Å². The summed E-state index contributed by atoms with van der Waals surface area (Å²) in [5, 5.41) is 5.27. The van der Waals surface area contributed by atoms with Gasteiger partial charge in [-0.3, -0.25) is 4.79 Å². The van der Waals surface area contributed by atoms with Gasteiger partial charge in [0.25, 0.3) is 5.56 Å². The molecule has 5 aromatic rings. The molecule has 0 amide bonds. The molecule has 0 unspecified atom stereocenters. The Kier molecular flexibility index (Phi) is 4.85. The van der Waals surface area contributed by atoms with Crippen molar-refractivity contribution in [3.05, 3.63) is 91.6 Å². The van der Waals surface area contributed by atoms with Gasteiger partial charge in [0.2, 0.25) is 4.96 Å². The lowest BCUT2D eigenvalue weighted by Gasteiger charge is -2.11. The van der Waals surface area contributed by atoms with Crippen molar-refractivity contribution in [2.24, 2.45) is 0 Å². The highest BCUT2D eigenvalue weighted by Crippen LogP contribution is 2.32. The van der Waals surface area contributed by atoms with E-state index in [2.05, 4.69) is 15.1 Å². The summed E-state index contributed by atoms with van der Waals surface area (Å²) in [6.07, 6.45) is -2.24. The van der Waals surface area contributed by atoms with E-state index in [1.54, 1.807) is 6.07 Å². The normalized spacial score (nSPS) is 12.9. The van der Waals surface area contributed by atoms with Crippen molar-refractivity contribution in [1.29, 1.82) is 0 Å². The first-order valence-corrected chi connectivity index (χ1v) is 10.8. The number of para-hydroxylation sites is 1. The molecule has 3 heterocycles. The van der Waals surface area contributed by atoms with E-state index in [4.69, 9.17) is 0 Å². The van der Waals surface area contributed by atoms with Crippen molar-refractivity contribution in [3.63, 3.8) is 0 Å². The Morgan fingerprint density at radius 2 is 1.84 bits per heavy atom. The Hall–Kier alpha value is -3.46. The summed E-state index contributed by atoms with van der Waals surface area (Å²) in [6, 6.07) is 13.3. The highest BCUT2D eigenvalue weighted by atomic mass is 32.1. The number of alkyl halides is 3. The van der Waals surface area contributed by atoms with Crippen LogP contribution in [0.2, 0.25) is 0 Å². The first-order chi connectivity index (χ1) is 15.3. The molecule has 0 saturated carbocycles. The minimum absolute atomic E-state index is 0.134. The number of H-pyrrole nitrogens is 1. The Bertz CT molecular complexity index is 1560. The number of aromatic nitrogens is 4. The van der Waals surface area contributed by atoms with Crippen molar-refractivity contribution >= 4 is 33.3 Å². The fourth-order valence-electron chi connectivity index (χ4n) is 3.86. The van der Waals surface area contributed by atoms with Crippen LogP contribution in [0.15, 0.2) is 53.3 Å². The van der Waals surface area contributed by atoms with Gasteiger partial charge < -0.3 is 4.98 Å². The van der Waals surface area contributed by atoms with Gasteiger partial charge in [-0.05, 0) is 37.1 Å². The molecule has 5 rings (SSSR count). The van der Waals surface area contributed by atoms with Crippen LogP contribution in [0.3, 0.4) is 0 Å². The number of hydrogen-bond acceptors (Lipinski definition) is 4. The van der Waals surface area contributed by atoms with E-state index in [0.717, 1.165) is 28.2 Å². The fourth-order valence-corrected chi connectivity index (χ4v) is 4.77. The third-order valence-corrected chi connectivity index (χ3v) is 6.34. The van der Waals surface area contributed by atoms with E-state index in [9.17, 15) is 18.0 Å². The van der Waals surface area contributed by atoms with Gasteiger partial charge in [-0.1, -0.05) is 47.7 Å². The van der Waals surface area contributed by atoms with Crippen LogP contribution >= 0.6 is 11.3 Å². The highest BCUT2D eigenvalue weighted by Gasteiger charge is 2.32. The van der Waals surface area contributed by atoms with Gasteiger partial charge >= 0.3 is 6.18 Å². The zero-order valence-corrected chi connectivity index (χ0v) is 17.7. The predicted molar refractivity (Wildman–Crippen MR) is 118 cm³/mol. The average Bonchev–Trinajstić information content (AvgIpc) is 3.39. The lowest BCUT2D eigenvalue weighted by Crippen LogP contribution is -2.24. The van der Waals surface area contributed by atoms with Crippen LogP contribution in [-0.2, 0) is 19.0 Å². The van der Waals surface area contributed by atoms with Gasteiger partial charge in [-0.25, -0.2) is 4.98 Å². The number of halogens is 3. The van der Waals surface area contributed by atoms with Gasteiger partial charge in [0.15, 0.2) is 5.82 Å². The molecule has 0 aliphatic heterocycles. The van der Waals surface area contributed by atoms with E-state index < -0.39 is 11.7 Å². The van der Waals surface area contributed by atoms with E-state index >= 15 is 0 Å². The summed E-state index contributed by atoms with van der Waals surface area (Å²) in [4.78, 5) is 21.0. The molecule has 0 bridgehead atoms. The van der Waals surface area contributed by atoms with E-state index in [-0.39, 0.29) is 24.0 Å². The predicted octanol–water partition coefficient (Wildman–Crippen LogP) is 4.29. The zero-order chi connectivity index (χ0) is 22.5. The SMILES string of the molecule is Cc1[nH]c2ccccc2c1/C=c1\sc2nc(CCc3ccccc3C(F)(F)F)nn2c1=O. The molecule has 0 atom stereocenters. The number of rotatable bonds is 4. The molecule has 32 heavy (non-hydrogen) atoms. The number of benzene rings is 2. The topological polar surface area (TPSA) is 63.1 Å². The Balaban J connectivity index is 1.46. The summed E-state index contributed by atoms with van der Waals surface area (Å²) < 4.78 is 41.3. The smallest absolute Gasteiger partial charge is 0.358 e. The molecule has 9 heteroatoms. The standard InChI is InChI=1S/C23H17F3N4OS/c1-13-16(15-7-3-5-9-18(15)27-13)12-19-21(31)30-22(32-19)28-20(29-30)11-10-14-6-2-4-8-17(14)23(24,25)26/h2-9,12,27H,10-11H2,1H3/b19-12-. The van der Waals surface area contributed by atoms with Crippen molar-refractivity contribution in [1.82, 2.24) is 19.6 Å². The second-order valence-corrected chi connectivity index (χ2v) is 8.51. The van der Waals surface area contributed by atoms with Gasteiger partial charge in [0, 0.05) is 28.6 Å². The van der Waals surface area contributed by atoms with Crippen LogP contribution in [0.1, 0.15) is 28.2 Å². The van der Waals surface area contributed by atoms with Crippen molar-refractivity contribution in [3.8, 4) is 0 Å². The maximum Gasteiger partial charge on any atom is 0.416 e.